The number of carbonyl (C=O) groups is 2. The van der Waals surface area contributed by atoms with Gasteiger partial charge in [0.05, 0.1) is 24.6 Å². The summed E-state index contributed by atoms with van der Waals surface area (Å²) in [6.07, 6.45) is 2.11. The van der Waals surface area contributed by atoms with Crippen molar-refractivity contribution in [2.75, 3.05) is 26.3 Å². The third-order valence-electron chi connectivity index (χ3n) is 5.69. The van der Waals surface area contributed by atoms with Crippen LogP contribution in [0.3, 0.4) is 0 Å². The number of hydrogen-bond donors (Lipinski definition) is 1. The summed E-state index contributed by atoms with van der Waals surface area (Å²) in [7, 11) is 0. The van der Waals surface area contributed by atoms with Crippen molar-refractivity contribution in [2.45, 2.75) is 6.42 Å². The average Bonchev–Trinajstić information content (AvgIpc) is 3.16. The van der Waals surface area contributed by atoms with E-state index >= 15 is 0 Å². The molecule has 1 aliphatic heterocycles. The molecule has 0 unspecified atom stereocenters. The van der Waals surface area contributed by atoms with E-state index < -0.39 is 5.91 Å². The Morgan fingerprint density at radius 1 is 1.10 bits per heavy atom. The fraction of sp³-hybridized carbons (Fsp3) is 0.217. The van der Waals surface area contributed by atoms with Crippen LogP contribution in [-0.2, 0) is 11.2 Å². The molecule has 2 aliphatic rings. The summed E-state index contributed by atoms with van der Waals surface area (Å²) in [5, 5.41) is 0.378. The first-order chi connectivity index (χ1) is 15.0. The molecular weight excluding hydrogens is 416 g/mol. The fourth-order valence-corrected chi connectivity index (χ4v) is 4.22. The van der Waals surface area contributed by atoms with Crippen molar-refractivity contribution in [3.63, 3.8) is 0 Å². The van der Waals surface area contributed by atoms with Crippen LogP contribution in [-0.4, -0.2) is 53.0 Å². The second kappa shape index (κ2) is 7.76. The third kappa shape index (κ3) is 3.56. The highest BCUT2D eigenvalue weighted by molar-refractivity contribution is 6.29. The van der Waals surface area contributed by atoms with Crippen LogP contribution in [0.2, 0.25) is 5.15 Å². The maximum Gasteiger partial charge on any atom is 0.254 e. The van der Waals surface area contributed by atoms with E-state index in [1.165, 1.54) is 0 Å². The summed E-state index contributed by atoms with van der Waals surface area (Å²) >= 11 is 5.89. The van der Waals surface area contributed by atoms with Crippen LogP contribution in [0, 0.1) is 0 Å². The second-order valence-electron chi connectivity index (χ2n) is 7.57. The molecule has 0 radical (unpaired) electrons. The molecule has 0 atom stereocenters. The molecule has 1 fully saturated rings. The topological polar surface area (TPSA) is 98.4 Å². The molecule has 2 amide bonds. The van der Waals surface area contributed by atoms with E-state index in [4.69, 9.17) is 27.1 Å². The van der Waals surface area contributed by atoms with Crippen molar-refractivity contribution in [2.24, 2.45) is 5.73 Å². The number of nitrogens with two attached hydrogens (primary N) is 1. The highest BCUT2D eigenvalue weighted by Crippen LogP contribution is 2.39. The molecule has 5 rings (SSSR count). The van der Waals surface area contributed by atoms with Gasteiger partial charge in [-0.2, -0.15) is 0 Å². The zero-order valence-corrected chi connectivity index (χ0v) is 17.4. The molecule has 1 saturated heterocycles. The van der Waals surface area contributed by atoms with Crippen molar-refractivity contribution in [3.05, 3.63) is 70.0 Å². The van der Waals surface area contributed by atoms with Crippen molar-refractivity contribution in [1.82, 2.24) is 14.9 Å². The van der Waals surface area contributed by atoms with Gasteiger partial charge in [-0.1, -0.05) is 17.7 Å². The number of rotatable bonds is 3. The van der Waals surface area contributed by atoms with Crippen molar-refractivity contribution in [3.8, 4) is 22.5 Å². The molecule has 2 aromatic heterocycles. The van der Waals surface area contributed by atoms with E-state index in [1.54, 1.807) is 29.3 Å². The molecule has 0 saturated carbocycles. The Morgan fingerprint density at radius 3 is 2.61 bits per heavy atom. The van der Waals surface area contributed by atoms with Gasteiger partial charge >= 0.3 is 0 Å². The van der Waals surface area contributed by atoms with Gasteiger partial charge in [-0.05, 0) is 41.5 Å². The number of aromatic nitrogens is 2. The van der Waals surface area contributed by atoms with Crippen LogP contribution in [0.15, 0.2) is 42.6 Å². The van der Waals surface area contributed by atoms with Gasteiger partial charge in [0.25, 0.3) is 5.91 Å². The molecular formula is C23H19ClN4O3. The summed E-state index contributed by atoms with van der Waals surface area (Å²) in [6.45, 7) is 2.27. The molecule has 7 nitrogen and oxygen atoms in total. The zero-order valence-electron chi connectivity index (χ0n) is 16.6. The number of carbonyl (C=O) groups excluding carboxylic acids is 2. The Labute approximate surface area is 183 Å². The Morgan fingerprint density at radius 2 is 1.90 bits per heavy atom. The average molecular weight is 435 g/mol. The number of halogens is 1. The number of hydrogen-bond acceptors (Lipinski definition) is 5. The summed E-state index contributed by atoms with van der Waals surface area (Å²) < 4.78 is 5.33. The Kier molecular flexibility index (Phi) is 4.92. The normalized spacial score (nSPS) is 14.8. The van der Waals surface area contributed by atoms with Crippen LogP contribution in [0.25, 0.3) is 22.5 Å². The van der Waals surface area contributed by atoms with Gasteiger partial charge < -0.3 is 15.4 Å². The van der Waals surface area contributed by atoms with Gasteiger partial charge in [0.1, 0.15) is 5.15 Å². The monoisotopic (exact) mass is 434 g/mol. The van der Waals surface area contributed by atoms with Gasteiger partial charge in [0.2, 0.25) is 5.91 Å². The van der Waals surface area contributed by atoms with Crippen LogP contribution >= 0.6 is 11.6 Å². The standard InChI is InChI=1S/C23H19ClN4O3/c24-20-4-2-14(12-26-20)19-11-18(22(25)29)17-10-15-9-13(1-3-16(15)21(17)27-19)23(30)28-5-7-31-8-6-28/h1-4,9,11-12H,5-8,10H2,(H2,25,29). The Hall–Kier alpha value is -3.29. The second-order valence-corrected chi connectivity index (χ2v) is 7.96. The van der Waals surface area contributed by atoms with E-state index in [0.29, 0.717) is 60.4 Å². The maximum absolute atomic E-state index is 12.9. The van der Waals surface area contributed by atoms with Crippen LogP contribution in [0.4, 0.5) is 0 Å². The van der Waals surface area contributed by atoms with Crippen molar-refractivity contribution >= 4 is 23.4 Å². The lowest BCUT2D eigenvalue weighted by Gasteiger charge is -2.27. The van der Waals surface area contributed by atoms with Gasteiger partial charge in [-0.3, -0.25) is 9.59 Å². The van der Waals surface area contributed by atoms with E-state index in [0.717, 1.165) is 22.3 Å². The lowest BCUT2D eigenvalue weighted by molar-refractivity contribution is 0.0303. The van der Waals surface area contributed by atoms with E-state index in [2.05, 4.69) is 4.98 Å². The van der Waals surface area contributed by atoms with E-state index in [1.807, 2.05) is 18.2 Å². The van der Waals surface area contributed by atoms with Crippen LogP contribution < -0.4 is 5.73 Å². The molecule has 8 heteroatoms. The SMILES string of the molecule is NC(=O)c1cc(-c2ccc(Cl)nc2)nc2c1Cc1cc(C(=O)N3CCOCC3)ccc1-2. The molecule has 156 valence electrons. The molecule has 31 heavy (non-hydrogen) atoms. The van der Waals surface area contributed by atoms with Crippen molar-refractivity contribution in [1.29, 1.82) is 0 Å². The summed E-state index contributed by atoms with van der Waals surface area (Å²) in [5.41, 5.74) is 11.4. The summed E-state index contributed by atoms with van der Waals surface area (Å²) in [4.78, 5) is 35.8. The number of morpholine rings is 1. The first kappa shape index (κ1) is 19.7. The molecule has 1 aromatic carbocycles. The van der Waals surface area contributed by atoms with Gasteiger partial charge in [0, 0.05) is 48.0 Å². The quantitative estimate of drug-likeness (QED) is 0.500. The third-order valence-corrected chi connectivity index (χ3v) is 5.91. The zero-order chi connectivity index (χ0) is 21.5. The van der Waals surface area contributed by atoms with Crippen LogP contribution in [0.1, 0.15) is 31.8 Å². The van der Waals surface area contributed by atoms with Crippen molar-refractivity contribution < 1.29 is 14.3 Å². The smallest absolute Gasteiger partial charge is 0.254 e. The molecule has 0 bridgehead atoms. The minimum atomic E-state index is -0.515. The summed E-state index contributed by atoms with van der Waals surface area (Å²) in [6, 6.07) is 10.8. The molecule has 0 spiro atoms. The lowest BCUT2D eigenvalue weighted by Crippen LogP contribution is -2.40. The van der Waals surface area contributed by atoms with Crippen LogP contribution in [0.5, 0.6) is 0 Å². The Balaban J connectivity index is 1.56. The minimum Gasteiger partial charge on any atom is -0.378 e. The minimum absolute atomic E-state index is 0.0157. The number of ether oxygens (including phenoxy) is 1. The molecule has 3 aromatic rings. The Bertz CT molecular complexity index is 1200. The fourth-order valence-electron chi connectivity index (χ4n) is 4.11. The predicted molar refractivity (Wildman–Crippen MR) is 116 cm³/mol. The van der Waals surface area contributed by atoms with E-state index in [-0.39, 0.29) is 5.91 Å². The first-order valence-electron chi connectivity index (χ1n) is 9.97. The van der Waals surface area contributed by atoms with Gasteiger partial charge in [-0.25, -0.2) is 9.97 Å². The molecule has 3 heterocycles. The number of pyridine rings is 2. The number of fused-ring (bicyclic) bond motifs is 3. The maximum atomic E-state index is 12.9. The lowest BCUT2D eigenvalue weighted by atomic mass is 10.0. The van der Waals surface area contributed by atoms with E-state index in [9.17, 15) is 9.59 Å². The highest BCUT2D eigenvalue weighted by Gasteiger charge is 2.28. The number of amides is 2. The number of benzene rings is 1. The first-order valence-corrected chi connectivity index (χ1v) is 10.3. The van der Waals surface area contributed by atoms with Gasteiger partial charge in [0.15, 0.2) is 0 Å². The molecule has 1 aliphatic carbocycles. The molecule has 2 N–H and O–H groups in total. The number of primary amides is 1. The summed E-state index contributed by atoms with van der Waals surface area (Å²) in [5.74, 6) is -0.530. The van der Waals surface area contributed by atoms with Gasteiger partial charge in [-0.15, -0.1) is 0 Å². The highest BCUT2D eigenvalue weighted by atomic mass is 35.5. The number of nitrogens with zero attached hydrogens (tertiary/aromatic N) is 3. The largest absolute Gasteiger partial charge is 0.378 e. The predicted octanol–water partition coefficient (Wildman–Crippen LogP) is 2.94.